The Balaban J connectivity index is 0. The van der Waals surface area contributed by atoms with E-state index in [4.69, 9.17) is 4.42 Å². The fraction of sp³-hybridized carbons (Fsp3) is 0.500. The maximum absolute atomic E-state index is 9.93. The summed E-state index contributed by atoms with van der Waals surface area (Å²) in [6.45, 7) is 7.84. The molecule has 0 saturated heterocycles. The molecule has 1 atom stereocenters. The Kier molecular flexibility index (Phi) is 17.3. The number of unbranched alkanes of at least 4 members (excludes halogenated alkanes) is 2. The Morgan fingerprint density at radius 3 is 2.14 bits per heavy atom. The number of aldehydes is 3. The van der Waals surface area contributed by atoms with Gasteiger partial charge < -0.3 is 9.21 Å². The number of hydrogen-bond donors (Lipinski definition) is 0. The molecule has 0 radical (unpaired) electrons. The zero-order valence-electron chi connectivity index (χ0n) is 14.1. The average molecular weight is 308 g/mol. The Morgan fingerprint density at radius 1 is 1.18 bits per heavy atom. The molecule has 0 bridgehead atoms. The molecule has 1 aromatic rings. The molecule has 0 spiro atoms. The maximum Gasteiger partial charge on any atom is 0.185 e. The highest BCUT2D eigenvalue weighted by molar-refractivity contribution is 5.70. The second-order valence-corrected chi connectivity index (χ2v) is 4.79. The van der Waals surface area contributed by atoms with Crippen LogP contribution in [-0.2, 0) is 9.59 Å². The summed E-state index contributed by atoms with van der Waals surface area (Å²) in [4.78, 5) is 29.3. The van der Waals surface area contributed by atoms with Crippen molar-refractivity contribution in [2.45, 2.75) is 53.4 Å². The monoisotopic (exact) mass is 308 g/mol. The van der Waals surface area contributed by atoms with Crippen LogP contribution in [0.1, 0.15) is 62.8 Å². The minimum atomic E-state index is 0.255. The van der Waals surface area contributed by atoms with Gasteiger partial charge in [0, 0.05) is 5.92 Å². The smallest absolute Gasteiger partial charge is 0.185 e. The third-order valence-electron chi connectivity index (χ3n) is 2.69. The molecule has 1 heterocycles. The number of hydrogen-bond acceptors (Lipinski definition) is 4. The van der Waals surface area contributed by atoms with Crippen LogP contribution in [0.25, 0.3) is 0 Å². The van der Waals surface area contributed by atoms with Crippen LogP contribution in [0.15, 0.2) is 28.7 Å². The molecule has 0 amide bonds. The number of furan rings is 1. The highest BCUT2D eigenvalue weighted by Crippen LogP contribution is 2.01. The predicted octanol–water partition coefficient (Wildman–Crippen LogP) is 4.56. The summed E-state index contributed by atoms with van der Waals surface area (Å²) in [5.74, 6) is 1.42. The molecule has 4 nitrogen and oxygen atoms in total. The molecular weight excluding hydrogens is 280 g/mol. The lowest BCUT2D eigenvalue weighted by atomic mass is 10.2. The average Bonchev–Trinajstić information content (AvgIpc) is 2.98. The first-order valence-electron chi connectivity index (χ1n) is 7.62. The summed E-state index contributed by atoms with van der Waals surface area (Å²) >= 11 is 0. The van der Waals surface area contributed by atoms with Crippen molar-refractivity contribution in [3.63, 3.8) is 0 Å². The lowest BCUT2D eigenvalue weighted by Crippen LogP contribution is -1.89. The molecule has 0 fully saturated rings. The summed E-state index contributed by atoms with van der Waals surface area (Å²) in [6, 6.07) is 3.39. The molecule has 0 aliphatic rings. The van der Waals surface area contributed by atoms with Gasteiger partial charge in [-0.1, -0.05) is 39.7 Å². The molecular formula is C18H28O4. The van der Waals surface area contributed by atoms with E-state index in [1.165, 1.54) is 12.8 Å². The molecule has 0 saturated carbocycles. The number of allylic oxidation sites excluding steroid dienone is 2. The molecule has 22 heavy (non-hydrogen) atoms. The van der Waals surface area contributed by atoms with Gasteiger partial charge in [-0.3, -0.25) is 9.59 Å². The molecule has 0 aliphatic carbocycles. The standard InChI is InChI=1S/C7H12O.C6H6O2.C5H10O/c1-2-3-4-5-6-7-8;1-5-2-3-6(4-7)8-5;1-3-5(2)4-6/h5-7H,2-4H2,1H3;2-4H,1H3;4-5H,3H2,1-2H3. The lowest BCUT2D eigenvalue weighted by molar-refractivity contribution is -0.110. The van der Waals surface area contributed by atoms with E-state index in [-0.39, 0.29) is 5.92 Å². The van der Waals surface area contributed by atoms with Gasteiger partial charge in [-0.05, 0) is 38.0 Å². The van der Waals surface area contributed by atoms with Crippen molar-refractivity contribution >= 4 is 18.9 Å². The third kappa shape index (κ3) is 16.1. The van der Waals surface area contributed by atoms with Gasteiger partial charge in [-0.15, -0.1) is 0 Å². The minimum Gasteiger partial charge on any atom is -0.459 e. The van der Waals surface area contributed by atoms with Gasteiger partial charge in [-0.2, -0.15) is 0 Å². The van der Waals surface area contributed by atoms with Crippen LogP contribution in [0.5, 0.6) is 0 Å². The van der Waals surface area contributed by atoms with Crippen LogP contribution in [0, 0.1) is 12.8 Å². The highest BCUT2D eigenvalue weighted by atomic mass is 16.3. The zero-order chi connectivity index (χ0) is 17.2. The molecule has 1 aromatic heterocycles. The van der Waals surface area contributed by atoms with E-state index in [1.54, 1.807) is 25.1 Å². The molecule has 0 N–H and O–H groups in total. The number of rotatable bonds is 7. The number of carbonyl (C=O) groups is 3. The fourth-order valence-corrected chi connectivity index (χ4v) is 1.09. The van der Waals surface area contributed by atoms with E-state index in [2.05, 4.69) is 6.92 Å². The van der Waals surface area contributed by atoms with Crippen molar-refractivity contribution in [2.24, 2.45) is 5.92 Å². The quantitative estimate of drug-likeness (QED) is 0.420. The molecule has 0 aromatic carbocycles. The Bertz CT molecular complexity index is 418. The van der Waals surface area contributed by atoms with E-state index < -0.39 is 0 Å². The number of aryl methyl sites for hydroxylation is 1. The molecule has 1 unspecified atom stereocenters. The van der Waals surface area contributed by atoms with E-state index in [1.807, 2.05) is 19.9 Å². The summed E-state index contributed by atoms with van der Waals surface area (Å²) in [6.07, 6.45) is 10.3. The van der Waals surface area contributed by atoms with Crippen LogP contribution >= 0.6 is 0 Å². The Morgan fingerprint density at radius 2 is 1.86 bits per heavy atom. The fourth-order valence-electron chi connectivity index (χ4n) is 1.09. The largest absolute Gasteiger partial charge is 0.459 e. The van der Waals surface area contributed by atoms with Crippen LogP contribution in [0.3, 0.4) is 0 Å². The van der Waals surface area contributed by atoms with E-state index in [0.717, 1.165) is 31.2 Å². The second-order valence-electron chi connectivity index (χ2n) is 4.79. The van der Waals surface area contributed by atoms with Crippen LogP contribution in [0.2, 0.25) is 0 Å². The van der Waals surface area contributed by atoms with Gasteiger partial charge in [0.2, 0.25) is 0 Å². The summed E-state index contributed by atoms with van der Waals surface area (Å²) in [5, 5.41) is 0. The summed E-state index contributed by atoms with van der Waals surface area (Å²) in [7, 11) is 0. The first-order valence-corrected chi connectivity index (χ1v) is 7.62. The maximum atomic E-state index is 9.93. The van der Waals surface area contributed by atoms with Crippen molar-refractivity contribution in [3.8, 4) is 0 Å². The molecule has 4 heteroatoms. The molecule has 0 aliphatic heterocycles. The number of carbonyl (C=O) groups excluding carboxylic acids is 3. The SMILES string of the molecule is CCC(C)C=O.CCCCC=CC=O.Cc1ccc(C=O)o1. The van der Waals surface area contributed by atoms with Crippen molar-refractivity contribution in [3.05, 3.63) is 35.8 Å². The first-order chi connectivity index (χ1) is 10.5. The van der Waals surface area contributed by atoms with Gasteiger partial charge in [0.1, 0.15) is 18.3 Å². The van der Waals surface area contributed by atoms with E-state index in [9.17, 15) is 14.4 Å². The van der Waals surface area contributed by atoms with Gasteiger partial charge in [-0.25, -0.2) is 0 Å². The zero-order valence-corrected chi connectivity index (χ0v) is 14.1. The summed E-state index contributed by atoms with van der Waals surface area (Å²) < 4.78 is 4.86. The summed E-state index contributed by atoms with van der Waals surface area (Å²) in [5.41, 5.74) is 0. The Labute approximate surface area is 133 Å². The van der Waals surface area contributed by atoms with Crippen LogP contribution in [0.4, 0.5) is 0 Å². The van der Waals surface area contributed by atoms with Gasteiger partial charge in [0.05, 0.1) is 0 Å². The van der Waals surface area contributed by atoms with Gasteiger partial charge in [0.25, 0.3) is 0 Å². The van der Waals surface area contributed by atoms with Crippen molar-refractivity contribution in [2.75, 3.05) is 0 Å². The lowest BCUT2D eigenvalue weighted by Gasteiger charge is -1.89. The van der Waals surface area contributed by atoms with E-state index in [0.29, 0.717) is 12.0 Å². The highest BCUT2D eigenvalue weighted by Gasteiger charge is 1.91. The third-order valence-corrected chi connectivity index (χ3v) is 2.69. The first kappa shape index (κ1) is 22.3. The van der Waals surface area contributed by atoms with E-state index >= 15 is 0 Å². The second kappa shape index (κ2) is 17.1. The van der Waals surface area contributed by atoms with Crippen LogP contribution in [-0.4, -0.2) is 18.9 Å². The van der Waals surface area contributed by atoms with Gasteiger partial charge >= 0.3 is 0 Å². The van der Waals surface area contributed by atoms with Crippen molar-refractivity contribution < 1.29 is 18.8 Å². The van der Waals surface area contributed by atoms with Crippen molar-refractivity contribution in [1.82, 2.24) is 0 Å². The Hall–Kier alpha value is -1.97. The molecule has 124 valence electrons. The molecule has 1 rings (SSSR count). The van der Waals surface area contributed by atoms with Crippen LogP contribution < -0.4 is 0 Å². The normalized spacial score (nSPS) is 10.7. The topological polar surface area (TPSA) is 64.3 Å². The minimum absolute atomic E-state index is 0.255. The van der Waals surface area contributed by atoms with Gasteiger partial charge in [0.15, 0.2) is 12.0 Å². The predicted molar refractivity (Wildman–Crippen MR) is 89.1 cm³/mol. The van der Waals surface area contributed by atoms with Crippen molar-refractivity contribution in [1.29, 1.82) is 0 Å².